The molecule has 0 aromatic rings. The van der Waals surface area contributed by atoms with Crippen LogP contribution in [-0.4, -0.2) is 0 Å². The van der Waals surface area contributed by atoms with E-state index in [0.717, 1.165) is 0 Å². The Hall–Kier alpha value is -1.04. The van der Waals surface area contributed by atoms with E-state index in [2.05, 4.69) is 50.3 Å². The zero-order valence-electron chi connectivity index (χ0n) is 13.3. The van der Waals surface area contributed by atoms with Crippen molar-refractivity contribution in [2.24, 2.45) is 11.8 Å². The van der Waals surface area contributed by atoms with E-state index < -0.39 is 0 Å². The first kappa shape index (κ1) is 15.4. The van der Waals surface area contributed by atoms with Gasteiger partial charge in [0.15, 0.2) is 0 Å². The van der Waals surface area contributed by atoms with Crippen molar-refractivity contribution in [3.05, 3.63) is 47.6 Å². The summed E-state index contributed by atoms with van der Waals surface area (Å²) < 4.78 is 0. The monoisotopic (exact) mass is 270 g/mol. The van der Waals surface area contributed by atoms with Crippen LogP contribution in [0.25, 0.3) is 0 Å². The van der Waals surface area contributed by atoms with Crippen molar-refractivity contribution in [3.8, 4) is 0 Å². The third-order valence-corrected chi connectivity index (χ3v) is 4.44. The SMILES string of the molecule is CCCCC1=CC(CCC2C=CC(CCCC)=C2)C=C1. The Balaban J connectivity index is 1.70. The second-order valence-corrected chi connectivity index (χ2v) is 6.31. The lowest BCUT2D eigenvalue weighted by molar-refractivity contribution is 0.601. The van der Waals surface area contributed by atoms with Crippen molar-refractivity contribution >= 4 is 0 Å². The quantitative estimate of drug-likeness (QED) is 0.456. The predicted octanol–water partition coefficient (Wildman–Crippen LogP) is 6.37. The first-order valence-electron chi connectivity index (χ1n) is 8.59. The topological polar surface area (TPSA) is 0 Å². The molecule has 0 bridgehead atoms. The minimum Gasteiger partial charge on any atom is -0.0773 e. The second-order valence-electron chi connectivity index (χ2n) is 6.31. The molecule has 0 aromatic carbocycles. The van der Waals surface area contributed by atoms with Crippen molar-refractivity contribution in [2.75, 3.05) is 0 Å². The maximum absolute atomic E-state index is 2.50. The van der Waals surface area contributed by atoms with Gasteiger partial charge >= 0.3 is 0 Å². The molecule has 0 fully saturated rings. The van der Waals surface area contributed by atoms with Gasteiger partial charge in [0.2, 0.25) is 0 Å². The summed E-state index contributed by atoms with van der Waals surface area (Å²) >= 11 is 0. The van der Waals surface area contributed by atoms with Crippen LogP contribution in [0.2, 0.25) is 0 Å². The Bertz CT molecular complexity index is 366. The second kappa shape index (κ2) is 8.29. The number of hydrogen-bond donors (Lipinski definition) is 0. The summed E-state index contributed by atoms with van der Waals surface area (Å²) in [5.41, 5.74) is 3.14. The highest BCUT2D eigenvalue weighted by molar-refractivity contribution is 5.30. The number of rotatable bonds is 9. The van der Waals surface area contributed by atoms with Crippen LogP contribution in [0.3, 0.4) is 0 Å². The molecule has 0 N–H and O–H groups in total. The lowest BCUT2D eigenvalue weighted by Gasteiger charge is -2.08. The van der Waals surface area contributed by atoms with Crippen LogP contribution in [0.4, 0.5) is 0 Å². The number of unbranched alkanes of at least 4 members (excludes halogenated alkanes) is 2. The van der Waals surface area contributed by atoms with Gasteiger partial charge in [-0.1, -0.05) is 74.3 Å². The van der Waals surface area contributed by atoms with Crippen molar-refractivity contribution in [1.82, 2.24) is 0 Å². The van der Waals surface area contributed by atoms with Crippen LogP contribution in [0.1, 0.15) is 65.2 Å². The Labute approximate surface area is 125 Å². The van der Waals surface area contributed by atoms with Gasteiger partial charge in [-0.05, 0) is 50.4 Å². The fourth-order valence-electron chi connectivity index (χ4n) is 3.11. The summed E-state index contributed by atoms with van der Waals surface area (Å²) in [6, 6.07) is 0. The van der Waals surface area contributed by atoms with Crippen LogP contribution in [-0.2, 0) is 0 Å². The Morgan fingerprint density at radius 3 is 1.60 bits per heavy atom. The molecule has 0 aromatic heterocycles. The molecule has 0 radical (unpaired) electrons. The highest BCUT2D eigenvalue weighted by Crippen LogP contribution is 2.29. The smallest absolute Gasteiger partial charge is 0.00441 e. The summed E-state index contributed by atoms with van der Waals surface area (Å²) in [6.45, 7) is 4.54. The molecule has 0 heteroatoms. The summed E-state index contributed by atoms with van der Waals surface area (Å²) in [5, 5.41) is 0. The Morgan fingerprint density at radius 2 is 1.20 bits per heavy atom. The summed E-state index contributed by atoms with van der Waals surface area (Å²) in [4.78, 5) is 0. The van der Waals surface area contributed by atoms with Crippen LogP contribution in [0.15, 0.2) is 47.6 Å². The molecule has 2 rings (SSSR count). The molecule has 0 saturated carbocycles. The predicted molar refractivity (Wildman–Crippen MR) is 89.7 cm³/mol. The van der Waals surface area contributed by atoms with Crippen LogP contribution in [0, 0.1) is 11.8 Å². The average molecular weight is 270 g/mol. The van der Waals surface area contributed by atoms with Gasteiger partial charge in [0.1, 0.15) is 0 Å². The third-order valence-electron chi connectivity index (χ3n) is 4.44. The Kier molecular flexibility index (Phi) is 6.36. The van der Waals surface area contributed by atoms with Crippen molar-refractivity contribution < 1.29 is 0 Å². The summed E-state index contributed by atoms with van der Waals surface area (Å²) in [6.07, 6.45) is 24.9. The molecular weight excluding hydrogens is 240 g/mol. The van der Waals surface area contributed by atoms with E-state index in [0.29, 0.717) is 11.8 Å². The largest absolute Gasteiger partial charge is 0.0773 e. The summed E-state index contributed by atoms with van der Waals surface area (Å²) in [7, 11) is 0. The van der Waals surface area contributed by atoms with Crippen molar-refractivity contribution in [3.63, 3.8) is 0 Å². The first-order valence-corrected chi connectivity index (χ1v) is 8.59. The normalized spacial score (nSPS) is 24.3. The fraction of sp³-hybridized carbons (Fsp3) is 0.600. The first-order chi connectivity index (χ1) is 9.81. The van der Waals surface area contributed by atoms with Gasteiger partial charge in [-0.2, -0.15) is 0 Å². The van der Waals surface area contributed by atoms with E-state index >= 15 is 0 Å². The maximum atomic E-state index is 2.50. The molecule has 20 heavy (non-hydrogen) atoms. The van der Waals surface area contributed by atoms with Crippen LogP contribution in [0.5, 0.6) is 0 Å². The van der Waals surface area contributed by atoms with Crippen molar-refractivity contribution in [1.29, 1.82) is 0 Å². The molecule has 0 saturated heterocycles. The minimum absolute atomic E-state index is 0.698. The van der Waals surface area contributed by atoms with E-state index in [1.54, 1.807) is 11.1 Å². The van der Waals surface area contributed by atoms with Gasteiger partial charge in [0, 0.05) is 0 Å². The van der Waals surface area contributed by atoms with Crippen LogP contribution >= 0.6 is 0 Å². The number of allylic oxidation sites excluding steroid dienone is 8. The molecule has 2 unspecified atom stereocenters. The Morgan fingerprint density at radius 1 is 0.750 bits per heavy atom. The zero-order chi connectivity index (χ0) is 14.2. The lowest BCUT2D eigenvalue weighted by Crippen LogP contribution is -1.95. The molecular formula is C20H30. The number of hydrogen-bond acceptors (Lipinski definition) is 0. The van der Waals surface area contributed by atoms with Crippen molar-refractivity contribution in [2.45, 2.75) is 65.2 Å². The lowest BCUT2D eigenvalue weighted by atomic mass is 9.97. The molecule has 2 atom stereocenters. The van der Waals surface area contributed by atoms with Gasteiger partial charge in [-0.15, -0.1) is 0 Å². The zero-order valence-corrected chi connectivity index (χ0v) is 13.3. The molecule has 0 amide bonds. The standard InChI is InChI=1S/C20H30/c1-3-5-7-17-9-11-19(15-17)13-14-20-12-10-18(16-20)8-6-4-2/h9-12,15-16,19-20H,3-8,13-14H2,1-2H3. The maximum Gasteiger partial charge on any atom is -0.00441 e. The van der Waals surface area contributed by atoms with E-state index in [1.165, 1.54) is 51.4 Å². The summed E-state index contributed by atoms with van der Waals surface area (Å²) in [5.74, 6) is 1.40. The van der Waals surface area contributed by atoms with E-state index in [4.69, 9.17) is 0 Å². The molecule has 110 valence electrons. The molecule has 0 spiro atoms. The van der Waals surface area contributed by atoms with Gasteiger partial charge in [0.05, 0.1) is 0 Å². The fourth-order valence-corrected chi connectivity index (χ4v) is 3.11. The van der Waals surface area contributed by atoms with E-state index in [9.17, 15) is 0 Å². The van der Waals surface area contributed by atoms with Gasteiger partial charge in [-0.25, -0.2) is 0 Å². The third kappa shape index (κ3) is 4.81. The molecule has 2 aliphatic rings. The van der Waals surface area contributed by atoms with E-state index in [1.807, 2.05) is 0 Å². The molecule has 2 aliphatic carbocycles. The van der Waals surface area contributed by atoms with Gasteiger partial charge < -0.3 is 0 Å². The average Bonchev–Trinajstić information content (AvgIpc) is 3.10. The van der Waals surface area contributed by atoms with Gasteiger partial charge in [0.25, 0.3) is 0 Å². The highest BCUT2D eigenvalue weighted by atomic mass is 14.2. The molecule has 0 nitrogen and oxygen atoms in total. The molecule has 0 heterocycles. The van der Waals surface area contributed by atoms with Gasteiger partial charge in [-0.3, -0.25) is 0 Å². The van der Waals surface area contributed by atoms with Crippen LogP contribution < -0.4 is 0 Å². The highest BCUT2D eigenvalue weighted by Gasteiger charge is 2.13. The van der Waals surface area contributed by atoms with E-state index in [-0.39, 0.29) is 0 Å². The minimum atomic E-state index is 0.698. The molecule has 0 aliphatic heterocycles.